The number of aromatic nitrogens is 4. The Bertz CT molecular complexity index is 1200. The van der Waals surface area contributed by atoms with Crippen LogP contribution >= 0.6 is 23.2 Å². The predicted octanol–water partition coefficient (Wildman–Crippen LogP) is 4.17. The molecular formula is C23H27Cl2FN6O2. The molecule has 0 aliphatic carbocycles. The molecule has 0 bridgehead atoms. The fraction of sp³-hybridized carbons (Fsp3) is 0.522. The number of rotatable bonds is 6. The number of anilines is 2. The van der Waals surface area contributed by atoms with Crippen LogP contribution in [-0.2, 0) is 11.3 Å². The van der Waals surface area contributed by atoms with Crippen LogP contribution in [0.5, 0.6) is 0 Å². The lowest BCUT2D eigenvalue weighted by atomic mass is 9.86. The van der Waals surface area contributed by atoms with Crippen molar-refractivity contribution in [1.82, 2.24) is 24.6 Å². The first-order chi connectivity index (χ1) is 16.2. The van der Waals surface area contributed by atoms with E-state index in [1.807, 2.05) is 6.07 Å². The van der Waals surface area contributed by atoms with Gasteiger partial charge in [-0.25, -0.2) is 19.0 Å². The van der Waals surface area contributed by atoms with Gasteiger partial charge in [-0.15, -0.1) is 0 Å². The lowest BCUT2D eigenvalue weighted by Gasteiger charge is -2.43. The molecule has 182 valence electrons. The maximum atomic E-state index is 15.2. The van der Waals surface area contributed by atoms with E-state index in [0.717, 1.165) is 17.5 Å². The summed E-state index contributed by atoms with van der Waals surface area (Å²) in [6.07, 6.45) is 2.91. The molecule has 1 unspecified atom stereocenters. The van der Waals surface area contributed by atoms with Crippen LogP contribution in [0.1, 0.15) is 31.7 Å². The number of hydrogen-bond acceptors (Lipinski definition) is 7. The molecule has 8 nitrogen and oxygen atoms in total. The van der Waals surface area contributed by atoms with Crippen LogP contribution in [0.15, 0.2) is 24.5 Å². The smallest absolute Gasteiger partial charge is 0.227 e. The molecule has 0 spiro atoms. The van der Waals surface area contributed by atoms with E-state index in [1.165, 1.54) is 4.68 Å². The zero-order chi connectivity index (χ0) is 24.0. The van der Waals surface area contributed by atoms with E-state index < -0.39 is 11.8 Å². The number of likely N-dealkylation sites (tertiary alicyclic amines) is 1. The van der Waals surface area contributed by atoms with Crippen molar-refractivity contribution in [1.29, 1.82) is 0 Å². The fourth-order valence-corrected chi connectivity index (χ4v) is 5.02. The maximum Gasteiger partial charge on any atom is 0.227 e. The average Bonchev–Trinajstić information content (AvgIpc) is 3.05. The molecular weight excluding hydrogens is 482 g/mol. The van der Waals surface area contributed by atoms with Crippen molar-refractivity contribution in [3.63, 3.8) is 0 Å². The van der Waals surface area contributed by atoms with E-state index >= 15 is 4.39 Å². The number of piperidine rings is 1. The van der Waals surface area contributed by atoms with Crippen molar-refractivity contribution in [3.05, 3.63) is 40.3 Å². The third kappa shape index (κ3) is 4.85. The molecule has 0 amide bonds. The zero-order valence-electron chi connectivity index (χ0n) is 19.0. The highest BCUT2D eigenvalue weighted by Crippen LogP contribution is 2.38. The highest BCUT2D eigenvalue weighted by molar-refractivity contribution is 6.32. The summed E-state index contributed by atoms with van der Waals surface area (Å²) in [5.41, 5.74) is 0.999. The number of nitrogens with zero attached hydrogens (tertiary/aromatic N) is 5. The van der Waals surface area contributed by atoms with Gasteiger partial charge in [0.25, 0.3) is 0 Å². The number of aliphatic hydroxyl groups is 1. The molecule has 2 saturated heterocycles. The second-order valence-corrected chi connectivity index (χ2v) is 10.4. The van der Waals surface area contributed by atoms with Gasteiger partial charge in [0, 0.05) is 29.1 Å². The Balaban J connectivity index is 1.37. The quantitative estimate of drug-likeness (QED) is 0.516. The van der Waals surface area contributed by atoms with Gasteiger partial charge in [0.15, 0.2) is 5.15 Å². The van der Waals surface area contributed by atoms with Crippen molar-refractivity contribution < 1.29 is 14.2 Å². The van der Waals surface area contributed by atoms with Gasteiger partial charge in [0.05, 0.1) is 48.8 Å². The average molecular weight is 509 g/mol. The van der Waals surface area contributed by atoms with Crippen molar-refractivity contribution in [2.45, 2.75) is 50.5 Å². The summed E-state index contributed by atoms with van der Waals surface area (Å²) >= 11 is 13.0. The monoisotopic (exact) mass is 508 g/mol. The summed E-state index contributed by atoms with van der Waals surface area (Å²) in [6.45, 7) is 6.17. The fourth-order valence-electron chi connectivity index (χ4n) is 4.51. The Morgan fingerprint density at radius 2 is 2.06 bits per heavy atom. The lowest BCUT2D eigenvalue weighted by molar-refractivity contribution is -0.0806. The summed E-state index contributed by atoms with van der Waals surface area (Å²) in [5, 5.41) is 19.0. The van der Waals surface area contributed by atoms with Gasteiger partial charge in [-0.05, 0) is 44.5 Å². The molecule has 34 heavy (non-hydrogen) atoms. The third-order valence-electron chi connectivity index (χ3n) is 6.37. The van der Waals surface area contributed by atoms with Crippen molar-refractivity contribution >= 4 is 45.7 Å². The van der Waals surface area contributed by atoms with E-state index in [2.05, 4.69) is 25.3 Å². The van der Waals surface area contributed by atoms with Gasteiger partial charge in [-0.2, -0.15) is 5.10 Å². The van der Waals surface area contributed by atoms with E-state index in [0.29, 0.717) is 59.5 Å². The molecule has 2 aromatic heterocycles. The van der Waals surface area contributed by atoms with Crippen LogP contribution in [0.4, 0.5) is 16.0 Å². The van der Waals surface area contributed by atoms with Crippen LogP contribution in [0.25, 0.3) is 10.9 Å². The summed E-state index contributed by atoms with van der Waals surface area (Å²) in [7, 11) is 0. The number of ether oxygens (including phenoxy) is 1. The van der Waals surface area contributed by atoms with Crippen LogP contribution < -0.4 is 5.32 Å². The first kappa shape index (κ1) is 23.7. The SMILES string of the molecule is CC(C)(O)Cn1ncc(Nc2ncc3cc(Cl)c(C4CCN(C5COC5)C[C@@H]4F)cc3n2)c1Cl. The van der Waals surface area contributed by atoms with Gasteiger partial charge in [0.2, 0.25) is 5.95 Å². The van der Waals surface area contributed by atoms with E-state index in [9.17, 15) is 5.11 Å². The van der Waals surface area contributed by atoms with E-state index in [4.69, 9.17) is 27.9 Å². The van der Waals surface area contributed by atoms with Crippen LogP contribution in [-0.4, -0.2) is 73.9 Å². The number of alkyl halides is 1. The van der Waals surface area contributed by atoms with E-state index in [1.54, 1.807) is 32.3 Å². The number of halogens is 3. The number of nitrogens with one attached hydrogen (secondary N) is 1. The summed E-state index contributed by atoms with van der Waals surface area (Å²) in [6, 6.07) is 3.99. The number of hydrogen-bond donors (Lipinski definition) is 2. The topological polar surface area (TPSA) is 88.3 Å². The van der Waals surface area contributed by atoms with Crippen molar-refractivity contribution in [3.8, 4) is 0 Å². The van der Waals surface area contributed by atoms with Crippen molar-refractivity contribution in [2.75, 3.05) is 31.6 Å². The largest absolute Gasteiger partial charge is 0.389 e. The van der Waals surface area contributed by atoms with Gasteiger partial charge in [-0.3, -0.25) is 4.90 Å². The van der Waals surface area contributed by atoms with Crippen LogP contribution in [0.2, 0.25) is 10.2 Å². The summed E-state index contributed by atoms with van der Waals surface area (Å²) in [5.74, 6) is 0.0529. The Kier molecular flexibility index (Phi) is 6.41. The predicted molar refractivity (Wildman–Crippen MR) is 130 cm³/mol. The normalized spacial score (nSPS) is 22.2. The zero-order valence-corrected chi connectivity index (χ0v) is 20.5. The van der Waals surface area contributed by atoms with Gasteiger partial charge >= 0.3 is 0 Å². The Hall–Kier alpha value is -2.04. The first-order valence-corrected chi connectivity index (χ1v) is 12.1. The highest BCUT2D eigenvalue weighted by Gasteiger charge is 2.36. The molecule has 1 aromatic carbocycles. The summed E-state index contributed by atoms with van der Waals surface area (Å²) in [4.78, 5) is 11.1. The molecule has 0 saturated carbocycles. The number of benzene rings is 1. The Labute approximate surface area is 207 Å². The second-order valence-electron chi connectivity index (χ2n) is 9.67. The van der Waals surface area contributed by atoms with Gasteiger partial charge in [0.1, 0.15) is 6.17 Å². The van der Waals surface area contributed by atoms with E-state index in [-0.39, 0.29) is 12.5 Å². The lowest BCUT2D eigenvalue weighted by Crippen LogP contribution is -2.54. The Morgan fingerprint density at radius 3 is 2.74 bits per heavy atom. The molecule has 4 heterocycles. The molecule has 0 radical (unpaired) electrons. The minimum Gasteiger partial charge on any atom is -0.389 e. The highest BCUT2D eigenvalue weighted by atomic mass is 35.5. The Morgan fingerprint density at radius 1 is 1.26 bits per heavy atom. The molecule has 11 heteroatoms. The molecule has 3 aromatic rings. The molecule has 2 aliphatic heterocycles. The molecule has 5 rings (SSSR count). The van der Waals surface area contributed by atoms with Crippen molar-refractivity contribution in [2.24, 2.45) is 0 Å². The van der Waals surface area contributed by atoms with Crippen LogP contribution in [0.3, 0.4) is 0 Å². The molecule has 2 atom stereocenters. The van der Waals surface area contributed by atoms with Gasteiger partial charge < -0.3 is 15.2 Å². The minimum absolute atomic E-state index is 0.241. The molecule has 2 fully saturated rings. The van der Waals surface area contributed by atoms with Gasteiger partial charge in [-0.1, -0.05) is 23.2 Å². The minimum atomic E-state index is -1.01. The number of fused-ring (bicyclic) bond motifs is 1. The van der Waals surface area contributed by atoms with Crippen LogP contribution in [0, 0.1) is 0 Å². The standard InChI is InChI=1S/C23H27Cl2FN6O2/c1-23(2,33)12-32-21(25)20(8-28-32)30-22-27-7-13-5-17(24)16(6-19(13)29-22)15-3-4-31(9-18(15)26)14-10-34-11-14/h5-8,14-15,18,33H,3-4,9-12H2,1-2H3,(H,27,29,30)/t15?,18-/m0/s1. The third-order valence-corrected chi connectivity index (χ3v) is 7.09. The molecule has 2 aliphatic rings. The second kappa shape index (κ2) is 9.20. The maximum absolute atomic E-state index is 15.2. The molecule has 2 N–H and O–H groups in total. The summed E-state index contributed by atoms with van der Waals surface area (Å²) < 4.78 is 21.9. The first-order valence-electron chi connectivity index (χ1n) is 11.3.